The van der Waals surface area contributed by atoms with Crippen molar-refractivity contribution in [1.29, 1.82) is 0 Å². The zero-order valence-corrected chi connectivity index (χ0v) is 17.9. The van der Waals surface area contributed by atoms with Crippen LogP contribution >= 0.6 is 0 Å². The van der Waals surface area contributed by atoms with E-state index in [1.165, 1.54) is 0 Å². The predicted molar refractivity (Wildman–Crippen MR) is 124 cm³/mol. The molecule has 0 aliphatic heterocycles. The molecule has 0 radical (unpaired) electrons. The van der Waals surface area contributed by atoms with Crippen molar-refractivity contribution in [2.75, 3.05) is 5.32 Å². The van der Waals surface area contributed by atoms with Crippen LogP contribution in [0.3, 0.4) is 0 Å². The van der Waals surface area contributed by atoms with Gasteiger partial charge in [-0.2, -0.15) is 5.10 Å². The Kier molecular flexibility index (Phi) is 4.11. The average molecular weight is 422 g/mol. The summed E-state index contributed by atoms with van der Waals surface area (Å²) < 4.78 is 3.73. The molecule has 158 valence electrons. The highest BCUT2D eigenvalue weighted by molar-refractivity contribution is 6.12. The van der Waals surface area contributed by atoms with Gasteiger partial charge >= 0.3 is 0 Å². The van der Waals surface area contributed by atoms with E-state index in [2.05, 4.69) is 10.3 Å². The lowest BCUT2D eigenvalue weighted by atomic mass is 10.1. The molecule has 7 nitrogen and oxygen atoms in total. The maximum absolute atomic E-state index is 13.5. The molecule has 7 heteroatoms. The van der Waals surface area contributed by atoms with Gasteiger partial charge in [0.1, 0.15) is 0 Å². The molecule has 1 N–H and O–H groups in total. The molecular weight excluding hydrogens is 400 g/mol. The summed E-state index contributed by atoms with van der Waals surface area (Å²) in [6.07, 6.45) is 2.20. The van der Waals surface area contributed by atoms with Crippen LogP contribution in [0.4, 0.5) is 5.95 Å². The second-order valence-corrected chi connectivity index (χ2v) is 8.34. The van der Waals surface area contributed by atoms with Gasteiger partial charge in [0.2, 0.25) is 5.95 Å². The number of benzene rings is 2. The number of fused-ring (bicyclic) bond motifs is 2. The van der Waals surface area contributed by atoms with E-state index in [4.69, 9.17) is 10.1 Å². The minimum Gasteiger partial charge on any atom is -0.313 e. The first-order chi connectivity index (χ1) is 15.6. The summed E-state index contributed by atoms with van der Waals surface area (Å²) in [5.41, 5.74) is 5.76. The molecule has 1 fully saturated rings. The molecule has 1 aliphatic rings. The van der Waals surface area contributed by atoms with Gasteiger partial charge in [-0.25, -0.2) is 14.6 Å². The first kappa shape index (κ1) is 18.7. The van der Waals surface area contributed by atoms with Crippen LogP contribution in [-0.4, -0.2) is 30.2 Å². The minimum absolute atomic E-state index is 0.201. The summed E-state index contributed by atoms with van der Waals surface area (Å²) in [4.78, 5) is 23.1. The smallest absolute Gasteiger partial charge is 0.258 e. The van der Waals surface area contributed by atoms with Crippen molar-refractivity contribution < 1.29 is 4.79 Å². The summed E-state index contributed by atoms with van der Waals surface area (Å²) in [7, 11) is 1.90. The van der Waals surface area contributed by atoms with Gasteiger partial charge < -0.3 is 4.57 Å². The summed E-state index contributed by atoms with van der Waals surface area (Å²) >= 11 is 0. The largest absolute Gasteiger partial charge is 0.313 e. The van der Waals surface area contributed by atoms with E-state index in [1.807, 2.05) is 83.9 Å². The van der Waals surface area contributed by atoms with Gasteiger partial charge in [-0.1, -0.05) is 30.3 Å². The third kappa shape index (κ3) is 2.97. The van der Waals surface area contributed by atoms with E-state index >= 15 is 0 Å². The fourth-order valence-electron chi connectivity index (χ4n) is 4.25. The number of imidazole rings is 1. The zero-order chi connectivity index (χ0) is 21.8. The molecule has 1 amide bonds. The molecule has 5 aromatic rings. The van der Waals surface area contributed by atoms with Crippen molar-refractivity contribution in [1.82, 2.24) is 24.3 Å². The highest BCUT2D eigenvalue weighted by Gasteiger charge is 2.29. The predicted octanol–water partition coefficient (Wildman–Crippen LogP) is 4.75. The quantitative estimate of drug-likeness (QED) is 0.454. The van der Waals surface area contributed by atoms with Gasteiger partial charge in [0, 0.05) is 18.7 Å². The molecule has 0 spiro atoms. The van der Waals surface area contributed by atoms with Crippen LogP contribution in [0.5, 0.6) is 0 Å². The van der Waals surface area contributed by atoms with Crippen molar-refractivity contribution in [3.8, 4) is 5.69 Å². The fraction of sp³-hybridized carbons (Fsp3) is 0.200. The van der Waals surface area contributed by atoms with E-state index in [9.17, 15) is 4.79 Å². The van der Waals surface area contributed by atoms with E-state index in [1.54, 1.807) is 0 Å². The molecule has 1 saturated carbocycles. The molecular formula is C25H22N6O. The van der Waals surface area contributed by atoms with Crippen LogP contribution < -0.4 is 5.32 Å². The maximum atomic E-state index is 13.5. The molecule has 32 heavy (non-hydrogen) atoms. The number of carbonyl (C=O) groups is 1. The Hall–Kier alpha value is -4.00. The summed E-state index contributed by atoms with van der Waals surface area (Å²) in [6.45, 7) is 1.92. The van der Waals surface area contributed by atoms with Gasteiger partial charge in [0.05, 0.1) is 33.4 Å². The molecule has 0 unspecified atom stereocenters. The SMILES string of the molecule is Cc1nn(-c2ccccc2)c2nc(C3CC3)cc(C(=O)Nc3nc4ccccc4n3C)c12. The number of hydrogen-bond acceptors (Lipinski definition) is 4. The van der Waals surface area contributed by atoms with Gasteiger partial charge in [-0.05, 0) is 50.1 Å². The van der Waals surface area contributed by atoms with Gasteiger partial charge in [-0.15, -0.1) is 0 Å². The van der Waals surface area contributed by atoms with Crippen LogP contribution in [0.15, 0.2) is 60.7 Å². The molecule has 3 heterocycles. The second-order valence-electron chi connectivity index (χ2n) is 8.34. The molecule has 0 atom stereocenters. The third-order valence-corrected chi connectivity index (χ3v) is 6.09. The van der Waals surface area contributed by atoms with Crippen molar-refractivity contribution >= 4 is 33.9 Å². The van der Waals surface area contributed by atoms with Crippen molar-refractivity contribution in [3.05, 3.63) is 77.6 Å². The molecule has 2 aromatic carbocycles. The zero-order valence-electron chi connectivity index (χ0n) is 17.9. The normalized spacial score (nSPS) is 13.7. The van der Waals surface area contributed by atoms with E-state index in [0.29, 0.717) is 23.1 Å². The highest BCUT2D eigenvalue weighted by Crippen LogP contribution is 2.40. The van der Waals surface area contributed by atoms with Crippen LogP contribution in [0.2, 0.25) is 0 Å². The Morgan fingerprint density at radius 1 is 1.03 bits per heavy atom. The van der Waals surface area contributed by atoms with Crippen molar-refractivity contribution in [2.24, 2.45) is 7.05 Å². The van der Waals surface area contributed by atoms with Crippen LogP contribution in [-0.2, 0) is 7.05 Å². The highest BCUT2D eigenvalue weighted by atomic mass is 16.1. The number of para-hydroxylation sites is 3. The number of hydrogen-bond donors (Lipinski definition) is 1. The number of aromatic nitrogens is 5. The van der Waals surface area contributed by atoms with Crippen molar-refractivity contribution in [3.63, 3.8) is 0 Å². The van der Waals surface area contributed by atoms with E-state index in [-0.39, 0.29) is 5.91 Å². The molecule has 6 rings (SSSR count). The lowest BCUT2D eigenvalue weighted by Gasteiger charge is -2.09. The summed E-state index contributed by atoms with van der Waals surface area (Å²) in [5, 5.41) is 8.53. The number of amides is 1. The number of rotatable bonds is 4. The molecule has 3 aromatic heterocycles. The van der Waals surface area contributed by atoms with Crippen LogP contribution in [0, 0.1) is 6.92 Å². The molecule has 0 bridgehead atoms. The Morgan fingerprint density at radius 2 is 1.78 bits per heavy atom. The Balaban J connectivity index is 1.49. The Bertz CT molecular complexity index is 1490. The number of pyridine rings is 1. The van der Waals surface area contributed by atoms with Gasteiger partial charge in [-0.3, -0.25) is 10.1 Å². The van der Waals surface area contributed by atoms with Crippen molar-refractivity contribution in [2.45, 2.75) is 25.7 Å². The topological polar surface area (TPSA) is 77.6 Å². The van der Waals surface area contributed by atoms with Crippen LogP contribution in [0.1, 0.15) is 40.5 Å². The summed E-state index contributed by atoms with van der Waals surface area (Å²) in [5.74, 6) is 0.719. The number of anilines is 1. The van der Waals surface area contributed by atoms with E-state index in [0.717, 1.165) is 46.3 Å². The number of aryl methyl sites for hydroxylation is 2. The minimum atomic E-state index is -0.201. The number of nitrogens with zero attached hydrogens (tertiary/aromatic N) is 5. The standard InChI is InChI=1S/C25H22N6O/c1-15-22-18(24(32)28-25-27-19-10-6-7-11-21(19)30(25)2)14-20(16-12-13-16)26-23(22)31(29-15)17-8-4-3-5-9-17/h3-11,14,16H,12-13H2,1-2H3,(H,27,28,32). The van der Waals surface area contributed by atoms with E-state index < -0.39 is 0 Å². The fourth-order valence-corrected chi connectivity index (χ4v) is 4.25. The number of carbonyl (C=O) groups excluding carboxylic acids is 1. The van der Waals surface area contributed by atoms with Gasteiger partial charge in [0.15, 0.2) is 5.65 Å². The second kappa shape index (κ2) is 7.02. The third-order valence-electron chi connectivity index (χ3n) is 6.09. The monoisotopic (exact) mass is 422 g/mol. The average Bonchev–Trinajstić information content (AvgIpc) is 3.56. The Labute approximate surface area is 184 Å². The lowest BCUT2D eigenvalue weighted by molar-refractivity contribution is 0.102. The first-order valence-corrected chi connectivity index (χ1v) is 10.8. The molecule has 1 aliphatic carbocycles. The van der Waals surface area contributed by atoms with Gasteiger partial charge in [0.25, 0.3) is 5.91 Å². The number of nitrogens with one attached hydrogen (secondary N) is 1. The molecule has 0 saturated heterocycles. The van der Waals surface area contributed by atoms with Crippen LogP contribution in [0.25, 0.3) is 27.8 Å². The maximum Gasteiger partial charge on any atom is 0.258 e. The first-order valence-electron chi connectivity index (χ1n) is 10.8. The lowest BCUT2D eigenvalue weighted by Crippen LogP contribution is -2.16. The Morgan fingerprint density at radius 3 is 2.53 bits per heavy atom. The summed E-state index contributed by atoms with van der Waals surface area (Å²) in [6, 6.07) is 19.7.